The standard InChI is InChI=1S/C13H14N4O3S/c1-8-5-16-11(9(2)13(8)17(18)19)7-21(20)12-3-4-15-6-10(12)14/h3-6H,7,14H2,1-2H3. The lowest BCUT2D eigenvalue weighted by Crippen LogP contribution is -2.07. The summed E-state index contributed by atoms with van der Waals surface area (Å²) in [5.74, 6) is 0.0706. The molecule has 2 N–H and O–H groups in total. The Kier molecular flexibility index (Phi) is 4.27. The molecule has 0 amide bonds. The zero-order valence-corrected chi connectivity index (χ0v) is 12.4. The topological polar surface area (TPSA) is 112 Å². The number of pyridine rings is 2. The maximum atomic E-state index is 12.3. The van der Waals surface area contributed by atoms with Crippen molar-refractivity contribution in [1.82, 2.24) is 9.97 Å². The molecular weight excluding hydrogens is 292 g/mol. The number of rotatable bonds is 4. The molecule has 7 nitrogen and oxygen atoms in total. The average molecular weight is 306 g/mol. The molecule has 21 heavy (non-hydrogen) atoms. The molecule has 0 aliphatic carbocycles. The Bertz CT molecular complexity index is 733. The molecule has 2 rings (SSSR count). The van der Waals surface area contributed by atoms with E-state index < -0.39 is 15.7 Å². The van der Waals surface area contributed by atoms with Crippen molar-refractivity contribution in [1.29, 1.82) is 0 Å². The molecular formula is C13H14N4O3S. The van der Waals surface area contributed by atoms with Crippen LogP contribution >= 0.6 is 0 Å². The minimum atomic E-state index is -1.43. The Hall–Kier alpha value is -2.35. The van der Waals surface area contributed by atoms with E-state index in [4.69, 9.17) is 5.73 Å². The number of nitrogens with two attached hydrogens (primary N) is 1. The van der Waals surface area contributed by atoms with Gasteiger partial charge in [-0.05, 0) is 19.9 Å². The van der Waals surface area contributed by atoms with Crippen LogP contribution in [0.5, 0.6) is 0 Å². The Balaban J connectivity index is 2.37. The number of nitro groups is 1. The number of anilines is 1. The maximum absolute atomic E-state index is 12.3. The molecule has 0 saturated heterocycles. The zero-order valence-electron chi connectivity index (χ0n) is 11.6. The molecule has 1 atom stereocenters. The van der Waals surface area contributed by atoms with Crippen molar-refractivity contribution in [3.8, 4) is 0 Å². The minimum Gasteiger partial charge on any atom is -0.396 e. The van der Waals surface area contributed by atoms with Crippen LogP contribution in [0.4, 0.5) is 11.4 Å². The van der Waals surface area contributed by atoms with E-state index in [9.17, 15) is 14.3 Å². The molecule has 0 aromatic carbocycles. The van der Waals surface area contributed by atoms with Gasteiger partial charge in [0.15, 0.2) is 0 Å². The highest BCUT2D eigenvalue weighted by molar-refractivity contribution is 7.84. The Morgan fingerprint density at radius 1 is 1.38 bits per heavy atom. The molecule has 2 heterocycles. The lowest BCUT2D eigenvalue weighted by molar-refractivity contribution is -0.386. The summed E-state index contributed by atoms with van der Waals surface area (Å²) in [7, 11) is -1.43. The maximum Gasteiger partial charge on any atom is 0.278 e. The second-order valence-electron chi connectivity index (χ2n) is 4.52. The van der Waals surface area contributed by atoms with Crippen LogP contribution < -0.4 is 5.73 Å². The van der Waals surface area contributed by atoms with Gasteiger partial charge in [0.1, 0.15) is 0 Å². The molecule has 0 fully saturated rings. The van der Waals surface area contributed by atoms with Gasteiger partial charge in [0, 0.05) is 23.5 Å². The first kappa shape index (κ1) is 15.0. The first-order valence-corrected chi connectivity index (χ1v) is 7.41. The van der Waals surface area contributed by atoms with Gasteiger partial charge >= 0.3 is 0 Å². The summed E-state index contributed by atoms with van der Waals surface area (Å²) in [4.78, 5) is 19.1. The van der Waals surface area contributed by atoms with Crippen molar-refractivity contribution in [3.05, 3.63) is 51.6 Å². The van der Waals surface area contributed by atoms with Crippen LogP contribution in [0.2, 0.25) is 0 Å². The highest BCUT2D eigenvalue weighted by atomic mass is 32.2. The summed E-state index contributed by atoms with van der Waals surface area (Å²) in [6.07, 6.45) is 4.35. The van der Waals surface area contributed by atoms with E-state index in [0.717, 1.165) is 0 Å². The number of aryl methyl sites for hydroxylation is 1. The van der Waals surface area contributed by atoms with E-state index in [1.54, 1.807) is 19.9 Å². The highest BCUT2D eigenvalue weighted by Gasteiger charge is 2.20. The average Bonchev–Trinajstić information content (AvgIpc) is 2.42. The van der Waals surface area contributed by atoms with Crippen molar-refractivity contribution < 1.29 is 9.13 Å². The van der Waals surface area contributed by atoms with E-state index in [1.807, 2.05) is 0 Å². The van der Waals surface area contributed by atoms with Crippen LogP contribution in [0.25, 0.3) is 0 Å². The molecule has 110 valence electrons. The van der Waals surface area contributed by atoms with Gasteiger partial charge in [0.25, 0.3) is 5.69 Å². The summed E-state index contributed by atoms with van der Waals surface area (Å²) < 4.78 is 12.3. The van der Waals surface area contributed by atoms with E-state index in [-0.39, 0.29) is 11.4 Å². The van der Waals surface area contributed by atoms with Crippen LogP contribution in [0.1, 0.15) is 16.8 Å². The quantitative estimate of drug-likeness (QED) is 0.682. The third kappa shape index (κ3) is 3.05. The number of nitrogen functional groups attached to an aromatic ring is 1. The fourth-order valence-corrected chi connectivity index (χ4v) is 3.22. The molecule has 1 unspecified atom stereocenters. The fraction of sp³-hybridized carbons (Fsp3) is 0.231. The van der Waals surface area contributed by atoms with E-state index >= 15 is 0 Å². The van der Waals surface area contributed by atoms with Crippen LogP contribution in [0.15, 0.2) is 29.6 Å². The predicted octanol–water partition coefficient (Wildman–Crippen LogP) is 1.89. The van der Waals surface area contributed by atoms with E-state index in [1.165, 1.54) is 18.6 Å². The van der Waals surface area contributed by atoms with Gasteiger partial charge in [-0.15, -0.1) is 0 Å². The molecule has 0 saturated carbocycles. The summed E-state index contributed by atoms with van der Waals surface area (Å²) in [5.41, 5.74) is 7.42. The molecule has 2 aromatic rings. The third-order valence-electron chi connectivity index (χ3n) is 3.08. The number of hydrogen-bond donors (Lipinski definition) is 1. The molecule has 8 heteroatoms. The van der Waals surface area contributed by atoms with Gasteiger partial charge < -0.3 is 5.73 Å². The van der Waals surface area contributed by atoms with Gasteiger partial charge in [0.2, 0.25) is 0 Å². The van der Waals surface area contributed by atoms with Crippen LogP contribution in [0, 0.1) is 24.0 Å². The normalized spacial score (nSPS) is 12.1. The molecule has 0 aliphatic rings. The van der Waals surface area contributed by atoms with Crippen molar-refractivity contribution in [2.45, 2.75) is 24.5 Å². The molecule has 2 aromatic heterocycles. The zero-order chi connectivity index (χ0) is 15.6. The summed E-state index contributed by atoms with van der Waals surface area (Å²) in [5, 5.41) is 11.1. The molecule has 0 spiro atoms. The summed E-state index contributed by atoms with van der Waals surface area (Å²) in [6, 6.07) is 1.57. The van der Waals surface area contributed by atoms with Crippen LogP contribution in [-0.4, -0.2) is 19.1 Å². The number of hydrogen-bond acceptors (Lipinski definition) is 6. The van der Waals surface area contributed by atoms with Crippen molar-refractivity contribution in [2.24, 2.45) is 0 Å². The second-order valence-corrected chi connectivity index (χ2v) is 5.94. The predicted molar refractivity (Wildman–Crippen MR) is 79.1 cm³/mol. The monoisotopic (exact) mass is 306 g/mol. The van der Waals surface area contributed by atoms with Crippen molar-refractivity contribution in [3.63, 3.8) is 0 Å². The van der Waals surface area contributed by atoms with Crippen molar-refractivity contribution >= 4 is 22.2 Å². The number of nitrogens with zero attached hydrogens (tertiary/aromatic N) is 3. The highest BCUT2D eigenvalue weighted by Crippen LogP contribution is 2.26. The fourth-order valence-electron chi connectivity index (χ4n) is 1.99. The molecule has 0 aliphatic heterocycles. The summed E-state index contributed by atoms with van der Waals surface area (Å²) in [6.45, 7) is 3.24. The summed E-state index contributed by atoms with van der Waals surface area (Å²) >= 11 is 0. The van der Waals surface area contributed by atoms with E-state index in [0.29, 0.717) is 27.4 Å². The molecule has 0 bridgehead atoms. The van der Waals surface area contributed by atoms with E-state index in [2.05, 4.69) is 9.97 Å². The third-order valence-corrected chi connectivity index (χ3v) is 4.48. The van der Waals surface area contributed by atoms with Crippen LogP contribution in [-0.2, 0) is 16.6 Å². The second kappa shape index (κ2) is 5.96. The lowest BCUT2D eigenvalue weighted by Gasteiger charge is -2.08. The lowest BCUT2D eigenvalue weighted by atomic mass is 10.1. The van der Waals surface area contributed by atoms with Crippen LogP contribution in [0.3, 0.4) is 0 Å². The molecule has 0 radical (unpaired) electrons. The van der Waals surface area contributed by atoms with Crippen molar-refractivity contribution in [2.75, 3.05) is 5.73 Å². The SMILES string of the molecule is Cc1cnc(CS(=O)c2ccncc2N)c(C)c1[N+](=O)[O-]. The van der Waals surface area contributed by atoms with Gasteiger partial charge in [-0.2, -0.15) is 0 Å². The van der Waals surface area contributed by atoms with Gasteiger partial charge in [-0.1, -0.05) is 0 Å². The van der Waals surface area contributed by atoms with Gasteiger partial charge in [-0.25, -0.2) is 0 Å². The Morgan fingerprint density at radius 2 is 2.10 bits per heavy atom. The Labute approximate surface area is 123 Å². The number of aromatic nitrogens is 2. The van der Waals surface area contributed by atoms with Gasteiger partial charge in [-0.3, -0.25) is 24.3 Å². The smallest absolute Gasteiger partial charge is 0.278 e. The minimum absolute atomic E-state index is 0.0136. The largest absolute Gasteiger partial charge is 0.396 e. The Morgan fingerprint density at radius 3 is 2.71 bits per heavy atom. The first-order chi connectivity index (χ1) is 9.91. The van der Waals surface area contributed by atoms with Gasteiger partial charge in [0.05, 0.1) is 43.9 Å². The first-order valence-electron chi connectivity index (χ1n) is 6.09.